The lowest BCUT2D eigenvalue weighted by Gasteiger charge is -2.28. The van der Waals surface area contributed by atoms with E-state index in [0.29, 0.717) is 18.7 Å². The molecule has 1 amide bonds. The summed E-state index contributed by atoms with van der Waals surface area (Å²) in [4.78, 5) is 15.3. The Labute approximate surface area is 116 Å². The van der Waals surface area contributed by atoms with Crippen molar-refractivity contribution in [2.75, 3.05) is 13.2 Å². The number of aromatic nitrogens is 1. The number of aromatic amines is 1. The molecule has 20 heavy (non-hydrogen) atoms. The Morgan fingerprint density at radius 1 is 1.45 bits per heavy atom. The minimum atomic E-state index is -0.640. The molecule has 1 aliphatic rings. The summed E-state index contributed by atoms with van der Waals surface area (Å²) in [5.74, 6) is -0.190. The van der Waals surface area contributed by atoms with Gasteiger partial charge in [-0.25, -0.2) is 0 Å². The Bertz CT molecular complexity index is 635. The fourth-order valence-electron chi connectivity index (χ4n) is 2.51. The molecule has 3 N–H and O–H groups in total. The first-order valence-corrected chi connectivity index (χ1v) is 6.79. The summed E-state index contributed by atoms with van der Waals surface area (Å²) in [6.07, 6.45) is -0.00832. The van der Waals surface area contributed by atoms with E-state index in [1.165, 1.54) is 0 Å². The molecule has 106 valence electrons. The second kappa shape index (κ2) is 5.26. The zero-order valence-corrected chi connectivity index (χ0v) is 11.3. The first-order valence-electron chi connectivity index (χ1n) is 6.79. The lowest BCUT2D eigenvalue weighted by atomic mass is 10.1. The van der Waals surface area contributed by atoms with Crippen molar-refractivity contribution in [3.05, 3.63) is 35.5 Å². The van der Waals surface area contributed by atoms with Gasteiger partial charge >= 0.3 is 0 Å². The molecule has 2 heterocycles. The minimum absolute atomic E-state index is 0.190. The van der Waals surface area contributed by atoms with Gasteiger partial charge in [-0.15, -0.1) is 0 Å². The van der Waals surface area contributed by atoms with Crippen LogP contribution in [0.5, 0.6) is 0 Å². The van der Waals surface area contributed by atoms with E-state index in [1.807, 2.05) is 31.2 Å². The maximum Gasteiger partial charge on any atom is 0.268 e. The molecule has 5 nitrogen and oxygen atoms in total. The number of H-pyrrole nitrogens is 1. The third-order valence-corrected chi connectivity index (χ3v) is 3.66. The van der Waals surface area contributed by atoms with Crippen molar-refractivity contribution in [2.45, 2.75) is 25.5 Å². The van der Waals surface area contributed by atoms with Crippen LogP contribution >= 0.6 is 0 Å². The molecule has 1 aliphatic heterocycles. The summed E-state index contributed by atoms with van der Waals surface area (Å²) >= 11 is 0. The van der Waals surface area contributed by atoms with Gasteiger partial charge in [0.2, 0.25) is 0 Å². The number of aliphatic hydroxyl groups is 1. The van der Waals surface area contributed by atoms with E-state index in [9.17, 15) is 9.90 Å². The average molecular weight is 274 g/mol. The maximum atomic E-state index is 12.2. The number of carbonyl (C=O) groups excluding carboxylic acids is 1. The Morgan fingerprint density at radius 2 is 2.30 bits per heavy atom. The summed E-state index contributed by atoms with van der Waals surface area (Å²) in [7, 11) is 0. The SMILES string of the molecule is Cc1ccc2[nH]c(C(=O)N[C@@H]3CCOC[C@H]3O)cc2c1. The molecule has 1 aromatic carbocycles. The Hall–Kier alpha value is -1.85. The van der Waals surface area contributed by atoms with Gasteiger partial charge < -0.3 is 20.1 Å². The van der Waals surface area contributed by atoms with E-state index in [1.54, 1.807) is 0 Å². The molecule has 5 heteroatoms. The van der Waals surface area contributed by atoms with Crippen molar-refractivity contribution in [2.24, 2.45) is 0 Å². The second-order valence-corrected chi connectivity index (χ2v) is 5.28. The van der Waals surface area contributed by atoms with Crippen LogP contribution in [0.15, 0.2) is 24.3 Å². The van der Waals surface area contributed by atoms with Gasteiger partial charge in [-0.3, -0.25) is 4.79 Å². The average Bonchev–Trinajstić information content (AvgIpc) is 2.84. The molecule has 0 bridgehead atoms. The van der Waals surface area contributed by atoms with E-state index >= 15 is 0 Å². The van der Waals surface area contributed by atoms with E-state index < -0.39 is 6.10 Å². The zero-order chi connectivity index (χ0) is 14.1. The molecular weight excluding hydrogens is 256 g/mol. The smallest absolute Gasteiger partial charge is 0.268 e. The fourth-order valence-corrected chi connectivity index (χ4v) is 2.51. The van der Waals surface area contributed by atoms with Crippen molar-refractivity contribution in [1.29, 1.82) is 0 Å². The highest BCUT2D eigenvalue weighted by molar-refractivity contribution is 5.98. The molecule has 3 rings (SSSR count). The summed E-state index contributed by atoms with van der Waals surface area (Å²) < 4.78 is 5.15. The predicted octanol–water partition coefficient (Wildman–Crippen LogP) is 1.36. The molecule has 1 saturated heterocycles. The number of amides is 1. The van der Waals surface area contributed by atoms with E-state index in [-0.39, 0.29) is 18.6 Å². The van der Waals surface area contributed by atoms with Crippen LogP contribution in [0.2, 0.25) is 0 Å². The van der Waals surface area contributed by atoms with Crippen LogP contribution in [-0.4, -0.2) is 41.4 Å². The van der Waals surface area contributed by atoms with E-state index in [0.717, 1.165) is 16.5 Å². The number of ether oxygens (including phenoxy) is 1. The highest BCUT2D eigenvalue weighted by Gasteiger charge is 2.25. The first kappa shape index (κ1) is 13.1. The number of benzene rings is 1. The lowest BCUT2D eigenvalue weighted by molar-refractivity contribution is -0.0261. The molecule has 2 atom stereocenters. The third kappa shape index (κ3) is 2.55. The lowest BCUT2D eigenvalue weighted by Crippen LogP contribution is -2.48. The van der Waals surface area contributed by atoms with Crippen molar-refractivity contribution in [3.8, 4) is 0 Å². The van der Waals surface area contributed by atoms with Crippen LogP contribution in [0.25, 0.3) is 10.9 Å². The highest BCUT2D eigenvalue weighted by atomic mass is 16.5. The number of carbonyl (C=O) groups is 1. The van der Waals surface area contributed by atoms with Gasteiger partial charge in [-0.05, 0) is 31.5 Å². The largest absolute Gasteiger partial charge is 0.389 e. The molecule has 1 fully saturated rings. The third-order valence-electron chi connectivity index (χ3n) is 3.66. The quantitative estimate of drug-likeness (QED) is 0.774. The van der Waals surface area contributed by atoms with Crippen molar-refractivity contribution >= 4 is 16.8 Å². The minimum Gasteiger partial charge on any atom is -0.389 e. The fraction of sp³-hybridized carbons (Fsp3) is 0.400. The number of hydrogen-bond acceptors (Lipinski definition) is 3. The predicted molar refractivity (Wildman–Crippen MR) is 75.7 cm³/mol. The number of aryl methyl sites for hydroxylation is 1. The first-order chi connectivity index (χ1) is 9.63. The standard InChI is InChI=1S/C15H18N2O3/c1-9-2-3-11-10(6-9)7-13(16-11)15(19)17-12-4-5-20-8-14(12)18/h2-3,6-7,12,14,16,18H,4-5,8H2,1H3,(H,17,19)/t12-,14-/m1/s1. The van der Waals surface area contributed by atoms with E-state index in [4.69, 9.17) is 4.74 Å². The Morgan fingerprint density at radius 3 is 3.10 bits per heavy atom. The van der Waals surface area contributed by atoms with Crippen LogP contribution in [-0.2, 0) is 4.74 Å². The van der Waals surface area contributed by atoms with Crippen LogP contribution in [0.1, 0.15) is 22.5 Å². The van der Waals surface area contributed by atoms with Crippen LogP contribution in [0.4, 0.5) is 0 Å². The molecule has 0 radical (unpaired) electrons. The number of hydrogen-bond donors (Lipinski definition) is 3. The molecule has 0 unspecified atom stereocenters. The van der Waals surface area contributed by atoms with Crippen molar-refractivity contribution in [1.82, 2.24) is 10.3 Å². The number of aliphatic hydroxyl groups excluding tert-OH is 1. The zero-order valence-electron chi connectivity index (χ0n) is 11.3. The second-order valence-electron chi connectivity index (χ2n) is 5.28. The summed E-state index contributed by atoms with van der Waals surface area (Å²) in [5.41, 5.74) is 2.61. The molecular formula is C15H18N2O3. The number of nitrogens with one attached hydrogen (secondary N) is 2. The molecule has 0 aliphatic carbocycles. The summed E-state index contributed by atoms with van der Waals surface area (Å²) in [6, 6.07) is 7.59. The maximum absolute atomic E-state index is 12.2. The van der Waals surface area contributed by atoms with Gasteiger partial charge in [-0.2, -0.15) is 0 Å². The van der Waals surface area contributed by atoms with Gasteiger partial charge in [-0.1, -0.05) is 11.6 Å². The summed E-state index contributed by atoms with van der Waals surface area (Å²) in [6.45, 7) is 2.86. The van der Waals surface area contributed by atoms with Gasteiger partial charge in [0.1, 0.15) is 5.69 Å². The monoisotopic (exact) mass is 274 g/mol. The van der Waals surface area contributed by atoms with Gasteiger partial charge in [0, 0.05) is 17.5 Å². The van der Waals surface area contributed by atoms with Crippen LogP contribution in [0.3, 0.4) is 0 Å². The van der Waals surface area contributed by atoms with Gasteiger partial charge in [0.15, 0.2) is 0 Å². The molecule has 2 aromatic rings. The van der Waals surface area contributed by atoms with Crippen molar-refractivity contribution < 1.29 is 14.6 Å². The molecule has 1 aromatic heterocycles. The summed E-state index contributed by atoms with van der Waals surface area (Å²) in [5, 5.41) is 13.7. The number of rotatable bonds is 2. The Kier molecular flexibility index (Phi) is 3.46. The van der Waals surface area contributed by atoms with Crippen molar-refractivity contribution in [3.63, 3.8) is 0 Å². The van der Waals surface area contributed by atoms with Gasteiger partial charge in [0.25, 0.3) is 5.91 Å². The van der Waals surface area contributed by atoms with E-state index in [2.05, 4.69) is 10.3 Å². The van der Waals surface area contributed by atoms with Crippen LogP contribution in [0, 0.1) is 6.92 Å². The molecule has 0 saturated carbocycles. The highest BCUT2D eigenvalue weighted by Crippen LogP contribution is 2.17. The van der Waals surface area contributed by atoms with Gasteiger partial charge in [0.05, 0.1) is 18.8 Å². The van der Waals surface area contributed by atoms with Crippen LogP contribution < -0.4 is 5.32 Å². The number of fused-ring (bicyclic) bond motifs is 1. The normalized spacial score (nSPS) is 22.9. The molecule has 0 spiro atoms. The topological polar surface area (TPSA) is 74.4 Å². The Balaban J connectivity index is 1.78.